The van der Waals surface area contributed by atoms with Gasteiger partial charge in [0.1, 0.15) is 6.04 Å². The van der Waals surface area contributed by atoms with Crippen molar-refractivity contribution < 1.29 is 23.5 Å². The van der Waals surface area contributed by atoms with Gasteiger partial charge in [0.25, 0.3) is 5.91 Å². The van der Waals surface area contributed by atoms with Crippen LogP contribution in [0.5, 0.6) is 0 Å². The van der Waals surface area contributed by atoms with Crippen LogP contribution in [0, 0.1) is 6.92 Å². The van der Waals surface area contributed by atoms with Gasteiger partial charge in [0.2, 0.25) is 11.8 Å². The third-order valence-corrected chi connectivity index (χ3v) is 6.63. The molecule has 2 atom stereocenters. The topological polar surface area (TPSA) is 101 Å². The summed E-state index contributed by atoms with van der Waals surface area (Å²) in [6, 6.07) is 10.1. The van der Waals surface area contributed by atoms with Crippen molar-refractivity contribution >= 4 is 17.7 Å². The summed E-state index contributed by atoms with van der Waals surface area (Å²) in [5.41, 5.74) is 1.71. The van der Waals surface area contributed by atoms with Gasteiger partial charge in [-0.2, -0.15) is 0 Å². The van der Waals surface area contributed by atoms with E-state index in [4.69, 9.17) is 9.15 Å². The molecule has 2 fully saturated rings. The summed E-state index contributed by atoms with van der Waals surface area (Å²) >= 11 is 0. The number of aryl methyl sites for hydroxylation is 1. The highest BCUT2D eigenvalue weighted by atomic mass is 16.5. The number of nitrogens with one attached hydrogen (secondary N) is 2. The van der Waals surface area contributed by atoms with Crippen LogP contribution in [0.4, 0.5) is 0 Å². The van der Waals surface area contributed by atoms with E-state index in [1.165, 1.54) is 12.3 Å². The van der Waals surface area contributed by atoms with Gasteiger partial charge in [-0.15, -0.1) is 0 Å². The molecule has 8 heteroatoms. The number of ether oxygens (including phenoxy) is 1. The second-order valence-electron chi connectivity index (χ2n) is 9.09. The van der Waals surface area contributed by atoms with Gasteiger partial charge in [-0.1, -0.05) is 37.1 Å². The van der Waals surface area contributed by atoms with E-state index < -0.39 is 11.9 Å². The van der Waals surface area contributed by atoms with E-state index >= 15 is 0 Å². The molecule has 182 valence electrons. The van der Waals surface area contributed by atoms with E-state index in [0.717, 1.165) is 49.7 Å². The summed E-state index contributed by atoms with van der Waals surface area (Å²) in [5.74, 6) is -0.874. The molecule has 4 rings (SSSR count). The number of hydrogen-bond donors (Lipinski definition) is 2. The van der Waals surface area contributed by atoms with Crippen molar-refractivity contribution in [1.82, 2.24) is 15.5 Å². The van der Waals surface area contributed by atoms with Gasteiger partial charge in [-0.25, -0.2) is 0 Å². The Morgan fingerprint density at radius 3 is 2.53 bits per heavy atom. The first-order chi connectivity index (χ1) is 16.5. The molecule has 0 unspecified atom stereocenters. The maximum absolute atomic E-state index is 13.6. The first kappa shape index (κ1) is 24.0. The van der Waals surface area contributed by atoms with E-state index in [9.17, 15) is 14.4 Å². The maximum atomic E-state index is 13.6. The summed E-state index contributed by atoms with van der Waals surface area (Å²) in [4.78, 5) is 41.1. The highest BCUT2D eigenvalue weighted by molar-refractivity contribution is 5.95. The Balaban J connectivity index is 1.59. The van der Waals surface area contributed by atoms with Gasteiger partial charge >= 0.3 is 0 Å². The van der Waals surface area contributed by atoms with E-state index in [1.54, 1.807) is 11.0 Å². The van der Waals surface area contributed by atoms with Crippen molar-refractivity contribution in [3.63, 3.8) is 0 Å². The molecule has 2 aromatic rings. The summed E-state index contributed by atoms with van der Waals surface area (Å²) in [5, 5.41) is 5.80. The lowest BCUT2D eigenvalue weighted by molar-refractivity contribution is -0.142. The van der Waals surface area contributed by atoms with Crippen LogP contribution >= 0.6 is 0 Å². The molecule has 1 saturated carbocycles. The van der Waals surface area contributed by atoms with Crippen LogP contribution in [0.1, 0.15) is 66.2 Å². The third kappa shape index (κ3) is 5.86. The predicted molar refractivity (Wildman–Crippen MR) is 126 cm³/mol. The molecule has 1 aromatic heterocycles. The molecule has 8 nitrogen and oxygen atoms in total. The molecule has 1 aliphatic heterocycles. The molecule has 1 aromatic carbocycles. The quantitative estimate of drug-likeness (QED) is 0.590. The minimum atomic E-state index is -0.806. The molecule has 0 spiro atoms. The summed E-state index contributed by atoms with van der Waals surface area (Å²) in [6.45, 7) is 2.63. The van der Waals surface area contributed by atoms with Gasteiger partial charge < -0.3 is 24.7 Å². The number of rotatable bonds is 9. The molecule has 2 N–H and O–H groups in total. The lowest BCUT2D eigenvalue weighted by Gasteiger charge is -2.34. The van der Waals surface area contributed by atoms with Crippen molar-refractivity contribution in [2.75, 3.05) is 19.7 Å². The summed E-state index contributed by atoms with van der Waals surface area (Å²) in [7, 11) is 0. The van der Waals surface area contributed by atoms with Crippen LogP contribution in [0.15, 0.2) is 47.1 Å². The zero-order valence-electron chi connectivity index (χ0n) is 19.6. The number of furan rings is 1. The molecular formula is C26H33N3O5. The van der Waals surface area contributed by atoms with Crippen LogP contribution in [0.3, 0.4) is 0 Å². The Morgan fingerprint density at radius 2 is 1.85 bits per heavy atom. The molecule has 3 amide bonds. The van der Waals surface area contributed by atoms with E-state index in [2.05, 4.69) is 10.6 Å². The van der Waals surface area contributed by atoms with Crippen LogP contribution < -0.4 is 10.6 Å². The number of carbonyl (C=O) groups is 3. The van der Waals surface area contributed by atoms with E-state index in [1.807, 2.05) is 31.2 Å². The van der Waals surface area contributed by atoms with E-state index in [0.29, 0.717) is 6.61 Å². The highest BCUT2D eigenvalue weighted by Crippen LogP contribution is 2.28. The lowest BCUT2D eigenvalue weighted by atomic mass is 9.97. The molecule has 1 aliphatic carbocycles. The second-order valence-corrected chi connectivity index (χ2v) is 9.09. The van der Waals surface area contributed by atoms with Crippen LogP contribution in [0.25, 0.3) is 0 Å². The molecule has 34 heavy (non-hydrogen) atoms. The van der Waals surface area contributed by atoms with Crippen LogP contribution in [-0.4, -0.2) is 54.5 Å². The fraction of sp³-hybridized carbons (Fsp3) is 0.500. The minimum Gasteiger partial charge on any atom is -0.459 e. The monoisotopic (exact) mass is 467 g/mol. The first-order valence-corrected chi connectivity index (χ1v) is 12.1. The first-order valence-electron chi connectivity index (χ1n) is 12.1. The summed E-state index contributed by atoms with van der Waals surface area (Å²) < 4.78 is 10.9. The molecule has 2 aliphatic rings. The van der Waals surface area contributed by atoms with Crippen LogP contribution in [0.2, 0.25) is 0 Å². The lowest BCUT2D eigenvalue weighted by Crippen LogP contribution is -2.51. The number of nitrogens with zero attached hydrogens (tertiary/aromatic N) is 1. The van der Waals surface area contributed by atoms with Crippen molar-refractivity contribution in [1.29, 1.82) is 0 Å². The van der Waals surface area contributed by atoms with Gasteiger partial charge in [0, 0.05) is 19.2 Å². The third-order valence-electron chi connectivity index (χ3n) is 6.63. The average Bonchev–Trinajstić information content (AvgIpc) is 3.62. The second kappa shape index (κ2) is 11.3. The minimum absolute atomic E-state index is 0.123. The largest absolute Gasteiger partial charge is 0.459 e. The highest BCUT2D eigenvalue weighted by Gasteiger charge is 2.36. The Bertz CT molecular complexity index is 978. The molecule has 0 bridgehead atoms. The molecule has 1 saturated heterocycles. The smallest absolute Gasteiger partial charge is 0.287 e. The molecule has 0 radical (unpaired) electrons. The van der Waals surface area contributed by atoms with Gasteiger partial charge in [0.05, 0.1) is 18.9 Å². The Hall–Kier alpha value is -3.13. The summed E-state index contributed by atoms with van der Waals surface area (Å²) in [6.07, 6.45) is 7.10. The predicted octanol–water partition coefficient (Wildman–Crippen LogP) is 3.13. The zero-order chi connectivity index (χ0) is 23.9. The number of hydrogen-bond acceptors (Lipinski definition) is 5. The van der Waals surface area contributed by atoms with Crippen molar-refractivity contribution in [2.45, 2.75) is 63.6 Å². The number of amides is 3. The van der Waals surface area contributed by atoms with E-state index in [-0.39, 0.29) is 42.8 Å². The molecule has 2 heterocycles. The average molecular weight is 468 g/mol. The zero-order valence-corrected chi connectivity index (χ0v) is 19.6. The van der Waals surface area contributed by atoms with Crippen molar-refractivity contribution in [2.24, 2.45) is 0 Å². The SMILES string of the molecule is Cc1ccccc1[C@@H](C(=O)NC1CCCC1)N(C[C@H]1CCCO1)C(=O)CNC(=O)c1ccco1. The standard InChI is InChI=1S/C26H33N3O5/c1-18-8-2-5-12-21(18)24(26(32)28-19-9-3-4-10-19)29(17-20-11-6-14-33-20)23(30)16-27-25(31)22-13-7-15-34-22/h2,5,7-8,12-13,15,19-20,24H,3-4,6,9-11,14,16-17H2,1H3,(H,27,31)(H,28,32)/t20-,24+/m1/s1. The van der Waals surface area contributed by atoms with Crippen LogP contribution in [-0.2, 0) is 14.3 Å². The normalized spacial score (nSPS) is 19.0. The Morgan fingerprint density at radius 1 is 1.06 bits per heavy atom. The number of carbonyl (C=O) groups excluding carboxylic acids is 3. The van der Waals surface area contributed by atoms with Crippen molar-refractivity contribution in [3.8, 4) is 0 Å². The Kier molecular flexibility index (Phi) is 8.00. The van der Waals surface area contributed by atoms with Gasteiger partial charge in [0.15, 0.2) is 5.76 Å². The Labute approximate surface area is 200 Å². The van der Waals surface area contributed by atoms with Crippen molar-refractivity contribution in [3.05, 3.63) is 59.5 Å². The number of benzene rings is 1. The fourth-order valence-electron chi connectivity index (χ4n) is 4.81. The fourth-order valence-corrected chi connectivity index (χ4v) is 4.81. The maximum Gasteiger partial charge on any atom is 0.287 e. The van der Waals surface area contributed by atoms with Gasteiger partial charge in [-0.3, -0.25) is 14.4 Å². The molecular weight excluding hydrogens is 434 g/mol. The van der Waals surface area contributed by atoms with Gasteiger partial charge in [-0.05, 0) is 55.9 Å².